The van der Waals surface area contributed by atoms with Gasteiger partial charge in [0.05, 0.1) is 14.1 Å². The minimum Gasteiger partial charge on any atom is -0.478 e. The second kappa shape index (κ2) is 6.53. The van der Waals surface area contributed by atoms with Crippen molar-refractivity contribution in [3.05, 3.63) is 32.7 Å². The van der Waals surface area contributed by atoms with E-state index in [4.69, 9.17) is 5.11 Å². The molecule has 0 aliphatic heterocycles. The van der Waals surface area contributed by atoms with Gasteiger partial charge < -0.3 is 10.0 Å². The lowest BCUT2D eigenvalue weighted by Crippen LogP contribution is -2.21. The van der Waals surface area contributed by atoms with Crippen LogP contribution in [0.4, 0.5) is 5.13 Å². The molecule has 0 saturated carbocycles. The molecule has 0 unspecified atom stereocenters. The fourth-order valence-electron chi connectivity index (χ4n) is 1.90. The number of carboxylic acid groups (broad SMARTS) is 1. The number of carboxylic acids is 1. The molecule has 0 fully saturated rings. The summed E-state index contributed by atoms with van der Waals surface area (Å²) in [6, 6.07) is 6.92. The van der Waals surface area contributed by atoms with Crippen molar-refractivity contribution in [2.75, 3.05) is 18.0 Å². The molecule has 106 valence electrons. The Labute approximate surface area is 135 Å². The maximum absolute atomic E-state index is 11.0. The van der Waals surface area contributed by atoms with Crippen LogP contribution in [0.1, 0.15) is 24.2 Å². The first kappa shape index (κ1) is 15.2. The highest BCUT2D eigenvalue weighted by molar-refractivity contribution is 14.1. The zero-order chi connectivity index (χ0) is 14.7. The second-order valence-electron chi connectivity index (χ2n) is 4.18. The Hall–Kier alpha value is -1.15. The Morgan fingerprint density at radius 3 is 2.70 bits per heavy atom. The van der Waals surface area contributed by atoms with Crippen LogP contribution in [-0.4, -0.2) is 29.1 Å². The standard InChI is InChI=1S/C14H15IN2O2S/c1-3-17(4-2)14-16-11(12(15)20-14)9-6-5-7-10(8-9)13(18)19/h5-8H,3-4H2,1-2H3,(H,18,19). The number of thiazole rings is 1. The average molecular weight is 402 g/mol. The Morgan fingerprint density at radius 1 is 1.40 bits per heavy atom. The summed E-state index contributed by atoms with van der Waals surface area (Å²) in [7, 11) is 0. The predicted molar refractivity (Wildman–Crippen MR) is 90.8 cm³/mol. The molecule has 0 radical (unpaired) electrons. The number of aromatic nitrogens is 1. The van der Waals surface area contributed by atoms with Gasteiger partial charge in [0.2, 0.25) is 0 Å². The number of hydrogen-bond donors (Lipinski definition) is 1. The summed E-state index contributed by atoms with van der Waals surface area (Å²) in [5.74, 6) is -0.916. The van der Waals surface area contributed by atoms with Crippen LogP contribution < -0.4 is 4.90 Å². The molecule has 0 spiro atoms. The molecule has 1 N–H and O–H groups in total. The lowest BCUT2D eigenvalue weighted by atomic mass is 10.1. The molecule has 1 aromatic carbocycles. The minimum absolute atomic E-state index is 0.288. The van der Waals surface area contributed by atoms with Crippen molar-refractivity contribution in [1.29, 1.82) is 0 Å². The molecular formula is C14H15IN2O2S. The van der Waals surface area contributed by atoms with Crippen molar-refractivity contribution in [1.82, 2.24) is 4.98 Å². The van der Waals surface area contributed by atoms with Gasteiger partial charge in [-0.2, -0.15) is 0 Å². The molecule has 0 amide bonds. The zero-order valence-electron chi connectivity index (χ0n) is 11.3. The Balaban J connectivity index is 2.43. The van der Waals surface area contributed by atoms with Gasteiger partial charge in [-0.25, -0.2) is 9.78 Å². The van der Waals surface area contributed by atoms with E-state index >= 15 is 0 Å². The first-order valence-electron chi connectivity index (χ1n) is 6.31. The van der Waals surface area contributed by atoms with E-state index in [2.05, 4.69) is 46.3 Å². The fourth-order valence-corrected chi connectivity index (χ4v) is 3.87. The zero-order valence-corrected chi connectivity index (χ0v) is 14.2. The van der Waals surface area contributed by atoms with E-state index in [0.29, 0.717) is 0 Å². The highest BCUT2D eigenvalue weighted by Crippen LogP contribution is 2.34. The van der Waals surface area contributed by atoms with Crippen molar-refractivity contribution < 1.29 is 9.90 Å². The van der Waals surface area contributed by atoms with E-state index in [1.54, 1.807) is 29.5 Å². The van der Waals surface area contributed by atoms with Crippen molar-refractivity contribution >= 4 is 45.0 Å². The maximum Gasteiger partial charge on any atom is 0.335 e. The number of carbonyl (C=O) groups is 1. The smallest absolute Gasteiger partial charge is 0.335 e. The quantitative estimate of drug-likeness (QED) is 0.770. The molecule has 6 heteroatoms. The number of anilines is 1. The SMILES string of the molecule is CCN(CC)c1nc(-c2cccc(C(=O)O)c2)c(I)s1. The summed E-state index contributed by atoms with van der Waals surface area (Å²) < 4.78 is 1.08. The lowest BCUT2D eigenvalue weighted by Gasteiger charge is -2.16. The second-order valence-corrected chi connectivity index (χ2v) is 6.97. The van der Waals surface area contributed by atoms with Crippen molar-refractivity contribution in [2.24, 2.45) is 0 Å². The van der Waals surface area contributed by atoms with Gasteiger partial charge in [-0.1, -0.05) is 23.5 Å². The summed E-state index contributed by atoms with van der Waals surface area (Å²) in [6.45, 7) is 6.02. The normalized spacial score (nSPS) is 10.6. The summed E-state index contributed by atoms with van der Waals surface area (Å²) in [5, 5.41) is 10.0. The van der Waals surface area contributed by atoms with E-state index in [1.165, 1.54) is 0 Å². The van der Waals surface area contributed by atoms with Gasteiger partial charge in [0, 0.05) is 18.7 Å². The topological polar surface area (TPSA) is 53.4 Å². The molecule has 0 saturated heterocycles. The Bertz CT molecular complexity index is 623. The molecule has 1 heterocycles. The molecule has 0 aliphatic rings. The van der Waals surface area contributed by atoms with Gasteiger partial charge in [0.15, 0.2) is 5.13 Å². The molecule has 4 nitrogen and oxygen atoms in total. The third-order valence-electron chi connectivity index (χ3n) is 2.99. The van der Waals surface area contributed by atoms with Crippen molar-refractivity contribution in [2.45, 2.75) is 13.8 Å². The van der Waals surface area contributed by atoms with Gasteiger partial charge in [0.1, 0.15) is 0 Å². The first-order valence-corrected chi connectivity index (χ1v) is 8.21. The number of rotatable bonds is 5. The van der Waals surface area contributed by atoms with Crippen LogP contribution in [0.2, 0.25) is 0 Å². The van der Waals surface area contributed by atoms with Crippen LogP contribution >= 0.6 is 33.9 Å². The summed E-state index contributed by atoms with van der Waals surface area (Å²) in [5.41, 5.74) is 2.00. The number of nitrogens with zero attached hydrogens (tertiary/aromatic N) is 2. The molecule has 2 rings (SSSR count). The van der Waals surface area contributed by atoms with E-state index in [9.17, 15) is 4.79 Å². The van der Waals surface area contributed by atoms with Crippen LogP contribution in [-0.2, 0) is 0 Å². The highest BCUT2D eigenvalue weighted by Gasteiger charge is 2.15. The van der Waals surface area contributed by atoms with E-state index in [-0.39, 0.29) is 5.56 Å². The number of aromatic carboxylic acids is 1. The van der Waals surface area contributed by atoms with Crippen molar-refractivity contribution in [3.63, 3.8) is 0 Å². The largest absolute Gasteiger partial charge is 0.478 e. The summed E-state index contributed by atoms with van der Waals surface area (Å²) in [6.07, 6.45) is 0. The summed E-state index contributed by atoms with van der Waals surface area (Å²) >= 11 is 3.90. The molecule has 0 aliphatic carbocycles. The third-order valence-corrected chi connectivity index (χ3v) is 5.07. The average Bonchev–Trinajstić information content (AvgIpc) is 2.82. The minimum atomic E-state index is -0.916. The van der Waals surface area contributed by atoms with Crippen LogP contribution in [0.15, 0.2) is 24.3 Å². The van der Waals surface area contributed by atoms with E-state index in [0.717, 1.165) is 32.4 Å². The van der Waals surface area contributed by atoms with Gasteiger partial charge >= 0.3 is 5.97 Å². The Kier molecular flexibility index (Phi) is 4.98. The molecule has 0 atom stereocenters. The van der Waals surface area contributed by atoms with Crippen molar-refractivity contribution in [3.8, 4) is 11.3 Å². The lowest BCUT2D eigenvalue weighted by molar-refractivity contribution is 0.0697. The number of benzene rings is 1. The molecule has 1 aromatic heterocycles. The van der Waals surface area contributed by atoms with Crippen LogP contribution in [0.3, 0.4) is 0 Å². The molecule has 20 heavy (non-hydrogen) atoms. The third kappa shape index (κ3) is 3.12. The monoisotopic (exact) mass is 402 g/mol. The molecular weight excluding hydrogens is 387 g/mol. The van der Waals surface area contributed by atoms with Crippen LogP contribution in [0, 0.1) is 2.88 Å². The van der Waals surface area contributed by atoms with E-state index in [1.807, 2.05) is 6.07 Å². The number of halogens is 1. The van der Waals surface area contributed by atoms with Crippen LogP contribution in [0.25, 0.3) is 11.3 Å². The van der Waals surface area contributed by atoms with Gasteiger partial charge in [-0.15, -0.1) is 0 Å². The highest BCUT2D eigenvalue weighted by atomic mass is 127. The molecule has 0 bridgehead atoms. The van der Waals surface area contributed by atoms with Gasteiger partial charge in [-0.05, 0) is 48.6 Å². The fraction of sp³-hybridized carbons (Fsp3) is 0.286. The Morgan fingerprint density at radius 2 is 2.10 bits per heavy atom. The number of hydrogen-bond acceptors (Lipinski definition) is 4. The van der Waals surface area contributed by atoms with Crippen LogP contribution in [0.5, 0.6) is 0 Å². The van der Waals surface area contributed by atoms with Gasteiger partial charge in [0.25, 0.3) is 0 Å². The van der Waals surface area contributed by atoms with Gasteiger partial charge in [-0.3, -0.25) is 0 Å². The summed E-state index contributed by atoms with van der Waals surface area (Å²) in [4.78, 5) is 17.9. The maximum atomic E-state index is 11.0. The molecule has 2 aromatic rings. The first-order chi connectivity index (χ1) is 9.56. The van der Waals surface area contributed by atoms with E-state index < -0.39 is 5.97 Å². The predicted octanol–water partition coefficient (Wildman–Crippen LogP) is 3.96.